The lowest BCUT2D eigenvalue weighted by atomic mass is 9.95. The number of anilines is 1. The van der Waals surface area contributed by atoms with Gasteiger partial charge in [0, 0.05) is 11.3 Å². The fourth-order valence-corrected chi connectivity index (χ4v) is 1.93. The lowest BCUT2D eigenvalue weighted by Crippen LogP contribution is -2.03. The third kappa shape index (κ3) is 1.91. The normalized spacial score (nSPS) is 10.1. The van der Waals surface area contributed by atoms with Gasteiger partial charge in [-0.05, 0) is 37.1 Å². The molecule has 0 amide bonds. The molecular weight excluding hydrogens is 229 g/mol. The number of aromatic nitrogens is 1. The second kappa shape index (κ2) is 4.46. The maximum atomic E-state index is 13.3. The van der Waals surface area contributed by atoms with Crippen molar-refractivity contribution in [1.82, 2.24) is 4.98 Å². The largest absolute Gasteiger partial charge is 0.383 e. The van der Waals surface area contributed by atoms with E-state index in [2.05, 4.69) is 4.98 Å². The van der Waals surface area contributed by atoms with Crippen molar-refractivity contribution >= 4 is 5.82 Å². The molecule has 2 N–H and O–H groups in total. The minimum absolute atomic E-state index is 0.180. The van der Waals surface area contributed by atoms with Gasteiger partial charge in [0.25, 0.3) is 0 Å². The summed E-state index contributed by atoms with van der Waals surface area (Å²) in [4.78, 5) is 4.11. The summed E-state index contributed by atoms with van der Waals surface area (Å²) in [7, 11) is 0. The van der Waals surface area contributed by atoms with Gasteiger partial charge in [-0.2, -0.15) is 5.26 Å². The average Bonchev–Trinajstić information content (AvgIpc) is 2.33. The molecule has 1 aromatic carbocycles. The molecule has 0 fully saturated rings. The van der Waals surface area contributed by atoms with Crippen LogP contribution in [0, 0.1) is 31.0 Å². The first-order valence-corrected chi connectivity index (χ1v) is 5.47. The molecule has 3 nitrogen and oxygen atoms in total. The summed E-state index contributed by atoms with van der Waals surface area (Å²) in [6.07, 6.45) is 0. The van der Waals surface area contributed by atoms with Crippen molar-refractivity contribution < 1.29 is 4.39 Å². The van der Waals surface area contributed by atoms with Crippen molar-refractivity contribution in [2.24, 2.45) is 0 Å². The van der Waals surface area contributed by atoms with Crippen LogP contribution in [0.4, 0.5) is 10.2 Å². The molecule has 90 valence electrons. The number of halogens is 1. The summed E-state index contributed by atoms with van der Waals surface area (Å²) in [5, 5.41) is 9.18. The van der Waals surface area contributed by atoms with E-state index in [1.54, 1.807) is 12.1 Å². The molecule has 2 rings (SSSR count). The highest BCUT2D eigenvalue weighted by Crippen LogP contribution is 2.31. The Kier molecular flexibility index (Phi) is 2.99. The Morgan fingerprint density at radius 2 is 2.06 bits per heavy atom. The van der Waals surface area contributed by atoms with Crippen LogP contribution >= 0.6 is 0 Å². The van der Waals surface area contributed by atoms with Crippen LogP contribution in [0.25, 0.3) is 11.1 Å². The van der Waals surface area contributed by atoms with E-state index in [0.29, 0.717) is 16.7 Å². The van der Waals surface area contributed by atoms with E-state index in [1.165, 1.54) is 12.1 Å². The van der Waals surface area contributed by atoms with E-state index in [-0.39, 0.29) is 11.6 Å². The third-order valence-electron chi connectivity index (χ3n) is 2.94. The van der Waals surface area contributed by atoms with Gasteiger partial charge >= 0.3 is 0 Å². The molecule has 0 aliphatic heterocycles. The van der Waals surface area contributed by atoms with Crippen LogP contribution < -0.4 is 5.73 Å². The molecule has 0 atom stereocenters. The van der Waals surface area contributed by atoms with Crippen molar-refractivity contribution in [3.8, 4) is 17.2 Å². The molecule has 0 saturated carbocycles. The lowest BCUT2D eigenvalue weighted by molar-refractivity contribution is 0.628. The van der Waals surface area contributed by atoms with Gasteiger partial charge in [-0.15, -0.1) is 0 Å². The van der Waals surface area contributed by atoms with Crippen molar-refractivity contribution in [3.63, 3.8) is 0 Å². The number of pyridine rings is 1. The molecular formula is C14H12FN3. The van der Waals surface area contributed by atoms with Crippen LogP contribution in [-0.4, -0.2) is 4.98 Å². The highest BCUT2D eigenvalue weighted by molar-refractivity contribution is 5.78. The second-order valence-corrected chi connectivity index (χ2v) is 4.08. The molecule has 18 heavy (non-hydrogen) atoms. The number of benzene rings is 1. The monoisotopic (exact) mass is 241 g/mol. The number of hydrogen-bond donors (Lipinski definition) is 1. The number of nitrogens with zero attached hydrogens (tertiary/aromatic N) is 2. The summed E-state index contributed by atoms with van der Waals surface area (Å²) in [6.45, 7) is 3.67. The first kappa shape index (κ1) is 12.1. The summed E-state index contributed by atoms with van der Waals surface area (Å²) < 4.78 is 13.3. The number of hydrogen-bond acceptors (Lipinski definition) is 3. The first-order chi connectivity index (χ1) is 8.54. The van der Waals surface area contributed by atoms with Crippen molar-refractivity contribution in [2.45, 2.75) is 13.8 Å². The summed E-state index contributed by atoms with van der Waals surface area (Å²) in [5.74, 6) is -0.163. The topological polar surface area (TPSA) is 62.7 Å². The fraction of sp³-hybridized carbons (Fsp3) is 0.143. The smallest absolute Gasteiger partial charge is 0.142 e. The van der Waals surface area contributed by atoms with E-state index in [1.807, 2.05) is 19.9 Å². The van der Waals surface area contributed by atoms with Gasteiger partial charge in [-0.25, -0.2) is 9.37 Å². The van der Waals surface area contributed by atoms with Crippen molar-refractivity contribution in [3.05, 3.63) is 46.9 Å². The Morgan fingerprint density at radius 3 is 2.67 bits per heavy atom. The Bertz CT molecular complexity index is 657. The van der Waals surface area contributed by atoms with Crippen molar-refractivity contribution in [2.75, 3.05) is 5.73 Å². The van der Waals surface area contributed by atoms with Gasteiger partial charge in [0.05, 0.1) is 0 Å². The summed E-state index contributed by atoms with van der Waals surface area (Å²) in [5.41, 5.74) is 8.92. The molecule has 0 aliphatic rings. The van der Waals surface area contributed by atoms with Crippen LogP contribution in [0.2, 0.25) is 0 Å². The van der Waals surface area contributed by atoms with Gasteiger partial charge in [0.2, 0.25) is 0 Å². The SMILES string of the molecule is Cc1nc(N)c(C#N)c(-c2cccc(F)c2)c1C. The van der Waals surface area contributed by atoms with Gasteiger partial charge in [-0.3, -0.25) is 0 Å². The Hall–Kier alpha value is -2.41. The van der Waals surface area contributed by atoms with Crippen LogP contribution in [0.5, 0.6) is 0 Å². The van der Waals surface area contributed by atoms with Crippen molar-refractivity contribution in [1.29, 1.82) is 5.26 Å². The molecule has 0 bridgehead atoms. The maximum Gasteiger partial charge on any atom is 0.142 e. The predicted molar refractivity (Wildman–Crippen MR) is 68.2 cm³/mol. The Labute approximate surface area is 105 Å². The second-order valence-electron chi connectivity index (χ2n) is 4.08. The first-order valence-electron chi connectivity index (χ1n) is 5.47. The highest BCUT2D eigenvalue weighted by Gasteiger charge is 2.15. The molecule has 1 heterocycles. The minimum atomic E-state index is -0.344. The quantitative estimate of drug-likeness (QED) is 0.834. The molecule has 0 aliphatic carbocycles. The van der Waals surface area contributed by atoms with Gasteiger partial charge in [0.15, 0.2) is 0 Å². The molecule has 1 aromatic heterocycles. The number of nitrogens with two attached hydrogens (primary N) is 1. The highest BCUT2D eigenvalue weighted by atomic mass is 19.1. The number of rotatable bonds is 1. The average molecular weight is 241 g/mol. The third-order valence-corrected chi connectivity index (χ3v) is 2.94. The van der Waals surface area contributed by atoms with E-state index in [4.69, 9.17) is 5.73 Å². The van der Waals surface area contributed by atoms with E-state index in [9.17, 15) is 9.65 Å². The standard InChI is InChI=1S/C14H12FN3/c1-8-9(2)18-14(17)12(7-16)13(8)10-4-3-5-11(15)6-10/h3-6H,1-2H3,(H2,17,18). The predicted octanol–water partition coefficient (Wildman–Crippen LogP) is 2.96. The molecule has 0 radical (unpaired) electrons. The minimum Gasteiger partial charge on any atom is -0.383 e. The molecule has 0 spiro atoms. The van der Waals surface area contributed by atoms with Gasteiger partial charge in [-0.1, -0.05) is 12.1 Å². The zero-order chi connectivity index (χ0) is 13.3. The number of aryl methyl sites for hydroxylation is 1. The maximum absolute atomic E-state index is 13.3. The fourth-order valence-electron chi connectivity index (χ4n) is 1.93. The van der Waals surface area contributed by atoms with Crippen LogP contribution in [0.1, 0.15) is 16.8 Å². The van der Waals surface area contributed by atoms with E-state index in [0.717, 1.165) is 11.3 Å². The Morgan fingerprint density at radius 1 is 1.33 bits per heavy atom. The zero-order valence-corrected chi connectivity index (χ0v) is 10.2. The van der Waals surface area contributed by atoms with Crippen LogP contribution in [0.15, 0.2) is 24.3 Å². The zero-order valence-electron chi connectivity index (χ0n) is 10.2. The molecule has 0 unspecified atom stereocenters. The molecule has 0 saturated heterocycles. The van der Waals surface area contributed by atoms with Crippen LogP contribution in [-0.2, 0) is 0 Å². The van der Waals surface area contributed by atoms with E-state index < -0.39 is 0 Å². The molecule has 2 aromatic rings. The number of nitriles is 1. The summed E-state index contributed by atoms with van der Waals surface area (Å²) >= 11 is 0. The lowest BCUT2D eigenvalue weighted by Gasteiger charge is -2.12. The Balaban J connectivity index is 2.82. The van der Waals surface area contributed by atoms with E-state index >= 15 is 0 Å². The van der Waals surface area contributed by atoms with Crippen LogP contribution in [0.3, 0.4) is 0 Å². The molecule has 4 heteroatoms. The van der Waals surface area contributed by atoms with Gasteiger partial charge < -0.3 is 5.73 Å². The summed E-state index contributed by atoms with van der Waals surface area (Å²) in [6, 6.07) is 8.16. The number of nitrogen functional groups attached to an aromatic ring is 1. The van der Waals surface area contributed by atoms with Gasteiger partial charge in [0.1, 0.15) is 23.3 Å².